The lowest BCUT2D eigenvalue weighted by molar-refractivity contribution is -0.152. The molecule has 1 amide bonds. The molecule has 25 heavy (non-hydrogen) atoms. The molecular weight excluding hydrogens is 348 g/mol. The van der Waals surface area contributed by atoms with Gasteiger partial charge in [-0.25, -0.2) is 8.42 Å². The number of rotatable bonds is 6. The molecule has 0 spiro atoms. The monoisotopic (exact) mass is 370 g/mol. The number of amides is 1. The average molecular weight is 370 g/mol. The summed E-state index contributed by atoms with van der Waals surface area (Å²) in [6, 6.07) is 5.87. The Morgan fingerprint density at radius 3 is 2.40 bits per heavy atom. The molecule has 1 aromatic carbocycles. The highest BCUT2D eigenvalue weighted by atomic mass is 32.2. The van der Waals surface area contributed by atoms with Crippen LogP contribution in [0.1, 0.15) is 20.3 Å². The van der Waals surface area contributed by atoms with Crippen LogP contribution in [0.2, 0.25) is 0 Å². The van der Waals surface area contributed by atoms with E-state index in [4.69, 9.17) is 9.47 Å². The van der Waals surface area contributed by atoms with Gasteiger partial charge in [0, 0.05) is 25.2 Å². The summed E-state index contributed by atoms with van der Waals surface area (Å²) in [5.41, 5.74) is 0.422. The molecule has 0 aromatic heterocycles. The molecule has 0 radical (unpaired) electrons. The van der Waals surface area contributed by atoms with E-state index in [-0.39, 0.29) is 11.3 Å². The van der Waals surface area contributed by atoms with Crippen molar-refractivity contribution in [2.24, 2.45) is 0 Å². The van der Waals surface area contributed by atoms with Crippen LogP contribution in [0.5, 0.6) is 0 Å². The zero-order valence-electron chi connectivity index (χ0n) is 14.2. The zero-order valence-corrected chi connectivity index (χ0v) is 15.0. The van der Waals surface area contributed by atoms with Gasteiger partial charge in [-0.15, -0.1) is 0 Å². The molecule has 138 valence electrons. The second-order valence-corrected chi connectivity index (χ2v) is 7.45. The molecule has 0 bridgehead atoms. The van der Waals surface area contributed by atoms with Crippen molar-refractivity contribution in [3.05, 3.63) is 24.3 Å². The van der Waals surface area contributed by atoms with Gasteiger partial charge in [0.1, 0.15) is 0 Å². The van der Waals surface area contributed by atoms with Crippen LogP contribution in [0, 0.1) is 0 Å². The minimum atomic E-state index is -3.57. The van der Waals surface area contributed by atoms with Crippen LogP contribution in [-0.2, 0) is 29.1 Å². The number of morpholine rings is 1. The summed E-state index contributed by atoms with van der Waals surface area (Å²) in [5.74, 6) is -0.944. The normalized spacial score (nSPS) is 16.9. The summed E-state index contributed by atoms with van der Waals surface area (Å²) in [4.78, 5) is 23.3. The number of nitrogens with one attached hydrogen (secondary N) is 1. The number of benzene rings is 1. The maximum atomic E-state index is 12.5. The summed E-state index contributed by atoms with van der Waals surface area (Å²) >= 11 is 0. The lowest BCUT2D eigenvalue weighted by Gasteiger charge is -2.26. The van der Waals surface area contributed by atoms with Crippen LogP contribution < -0.4 is 5.32 Å². The van der Waals surface area contributed by atoms with Crippen LogP contribution in [0.15, 0.2) is 29.2 Å². The highest BCUT2D eigenvalue weighted by molar-refractivity contribution is 7.89. The molecule has 1 N–H and O–H groups in total. The van der Waals surface area contributed by atoms with Crippen molar-refractivity contribution >= 4 is 27.6 Å². The summed E-state index contributed by atoms with van der Waals surface area (Å²) in [6.45, 7) is 4.51. The predicted molar refractivity (Wildman–Crippen MR) is 90.5 cm³/mol. The van der Waals surface area contributed by atoms with E-state index < -0.39 is 28.0 Å². The maximum Gasteiger partial charge on any atom is 0.306 e. The summed E-state index contributed by atoms with van der Waals surface area (Å²) in [5, 5.41) is 2.58. The highest BCUT2D eigenvalue weighted by Gasteiger charge is 2.26. The second kappa shape index (κ2) is 8.41. The fourth-order valence-electron chi connectivity index (χ4n) is 2.22. The lowest BCUT2D eigenvalue weighted by atomic mass is 10.3. The fourth-order valence-corrected chi connectivity index (χ4v) is 3.63. The number of sulfonamides is 1. The Balaban J connectivity index is 2.02. The van der Waals surface area contributed by atoms with E-state index in [0.29, 0.717) is 32.0 Å². The molecule has 0 aliphatic carbocycles. The number of anilines is 1. The summed E-state index contributed by atoms with van der Waals surface area (Å²) in [7, 11) is -3.57. The Labute approximate surface area is 147 Å². The van der Waals surface area contributed by atoms with Crippen molar-refractivity contribution in [3.8, 4) is 0 Å². The third-order valence-electron chi connectivity index (χ3n) is 3.70. The van der Waals surface area contributed by atoms with Gasteiger partial charge in [0.05, 0.1) is 18.1 Å². The molecule has 1 heterocycles. The number of ether oxygens (including phenoxy) is 2. The van der Waals surface area contributed by atoms with Crippen molar-refractivity contribution in [1.82, 2.24) is 4.31 Å². The first-order valence-electron chi connectivity index (χ1n) is 8.03. The van der Waals surface area contributed by atoms with Crippen molar-refractivity contribution in [2.75, 3.05) is 31.6 Å². The standard InChI is InChI=1S/C16H22N2O6S/c1-3-15(19)24-12(2)16(20)17-13-4-6-14(7-5-13)25(21,22)18-8-10-23-11-9-18/h4-7,12H,3,8-11H2,1-2H3,(H,17,20)/t12-/m0/s1. The first-order chi connectivity index (χ1) is 11.8. The Kier molecular flexibility index (Phi) is 6.51. The van der Waals surface area contributed by atoms with Gasteiger partial charge in [-0.1, -0.05) is 6.92 Å². The Hall–Kier alpha value is -1.97. The van der Waals surface area contributed by atoms with E-state index in [2.05, 4.69) is 5.32 Å². The van der Waals surface area contributed by atoms with Gasteiger partial charge in [0.15, 0.2) is 6.10 Å². The van der Waals surface area contributed by atoms with Gasteiger partial charge >= 0.3 is 5.97 Å². The van der Waals surface area contributed by atoms with E-state index >= 15 is 0 Å². The zero-order chi connectivity index (χ0) is 18.4. The van der Waals surface area contributed by atoms with E-state index in [0.717, 1.165) is 0 Å². The minimum absolute atomic E-state index is 0.151. The Morgan fingerprint density at radius 1 is 1.24 bits per heavy atom. The molecule has 1 saturated heterocycles. The first kappa shape index (κ1) is 19.4. The van der Waals surface area contributed by atoms with Gasteiger partial charge < -0.3 is 14.8 Å². The topological polar surface area (TPSA) is 102 Å². The molecule has 0 unspecified atom stereocenters. The summed E-state index contributed by atoms with van der Waals surface area (Å²) in [6.07, 6.45) is -0.740. The van der Waals surface area contributed by atoms with E-state index in [9.17, 15) is 18.0 Å². The fraction of sp³-hybridized carbons (Fsp3) is 0.500. The lowest BCUT2D eigenvalue weighted by Crippen LogP contribution is -2.40. The number of nitrogens with zero attached hydrogens (tertiary/aromatic N) is 1. The van der Waals surface area contributed by atoms with E-state index in [1.165, 1.54) is 35.5 Å². The van der Waals surface area contributed by atoms with Gasteiger partial charge in [-0.05, 0) is 31.2 Å². The van der Waals surface area contributed by atoms with E-state index in [1.54, 1.807) is 6.92 Å². The molecule has 8 nitrogen and oxygen atoms in total. The minimum Gasteiger partial charge on any atom is -0.453 e. The van der Waals surface area contributed by atoms with Gasteiger partial charge in [0.25, 0.3) is 5.91 Å². The third kappa shape index (κ3) is 5.00. The summed E-state index contributed by atoms with van der Waals surface area (Å²) < 4.78 is 36.5. The molecule has 1 aliphatic rings. The molecule has 0 saturated carbocycles. The predicted octanol–water partition coefficient (Wildman–Crippen LogP) is 0.988. The van der Waals surface area contributed by atoms with Gasteiger partial charge in [-0.3, -0.25) is 9.59 Å². The largest absolute Gasteiger partial charge is 0.453 e. The van der Waals surface area contributed by atoms with Crippen LogP contribution in [-0.4, -0.2) is 57.0 Å². The van der Waals surface area contributed by atoms with Crippen LogP contribution in [0.4, 0.5) is 5.69 Å². The Morgan fingerprint density at radius 2 is 1.84 bits per heavy atom. The molecule has 1 aliphatic heterocycles. The van der Waals surface area contributed by atoms with Gasteiger partial charge in [0.2, 0.25) is 10.0 Å². The number of carbonyl (C=O) groups excluding carboxylic acids is 2. The van der Waals surface area contributed by atoms with Crippen LogP contribution >= 0.6 is 0 Å². The number of hydrogen-bond donors (Lipinski definition) is 1. The Bertz CT molecular complexity index is 711. The number of carbonyl (C=O) groups is 2. The van der Waals surface area contributed by atoms with Crippen LogP contribution in [0.25, 0.3) is 0 Å². The second-order valence-electron chi connectivity index (χ2n) is 5.52. The highest BCUT2D eigenvalue weighted by Crippen LogP contribution is 2.19. The smallest absolute Gasteiger partial charge is 0.306 e. The number of hydrogen-bond acceptors (Lipinski definition) is 6. The SMILES string of the molecule is CCC(=O)O[C@@H](C)C(=O)Nc1ccc(S(=O)(=O)N2CCOCC2)cc1. The molecule has 2 rings (SSSR count). The van der Waals surface area contributed by atoms with E-state index in [1.807, 2.05) is 0 Å². The average Bonchev–Trinajstić information content (AvgIpc) is 2.62. The molecule has 1 atom stereocenters. The van der Waals surface area contributed by atoms with Crippen molar-refractivity contribution < 1.29 is 27.5 Å². The third-order valence-corrected chi connectivity index (χ3v) is 5.61. The van der Waals surface area contributed by atoms with Gasteiger partial charge in [-0.2, -0.15) is 4.31 Å². The molecular formula is C16H22N2O6S. The molecule has 1 aromatic rings. The van der Waals surface area contributed by atoms with Crippen molar-refractivity contribution in [2.45, 2.75) is 31.3 Å². The van der Waals surface area contributed by atoms with Crippen LogP contribution in [0.3, 0.4) is 0 Å². The molecule has 9 heteroatoms. The van der Waals surface area contributed by atoms with Crippen molar-refractivity contribution in [1.29, 1.82) is 0 Å². The van der Waals surface area contributed by atoms with Crippen molar-refractivity contribution in [3.63, 3.8) is 0 Å². The number of esters is 1. The first-order valence-corrected chi connectivity index (χ1v) is 9.47. The molecule has 1 fully saturated rings. The maximum absolute atomic E-state index is 12.5. The quantitative estimate of drug-likeness (QED) is 0.749.